The molecule has 6 aromatic rings. The summed E-state index contributed by atoms with van der Waals surface area (Å²) in [6.07, 6.45) is 11.2. The zero-order valence-corrected chi connectivity index (χ0v) is 73.3. The lowest BCUT2D eigenvalue weighted by molar-refractivity contribution is -0.00491. The monoisotopic (exact) mass is 1660 g/mol. The summed E-state index contributed by atoms with van der Waals surface area (Å²) in [5.74, 6) is 14.1. The second-order valence-corrected chi connectivity index (χ2v) is 34.3. The van der Waals surface area contributed by atoms with Gasteiger partial charge in [-0.05, 0) is 206 Å². The van der Waals surface area contributed by atoms with E-state index in [1.165, 1.54) is 11.1 Å². The summed E-state index contributed by atoms with van der Waals surface area (Å²) < 4.78 is 93.6. The van der Waals surface area contributed by atoms with E-state index in [4.69, 9.17) is 73.9 Å². The summed E-state index contributed by atoms with van der Waals surface area (Å²) in [6.45, 7) is 32.4. The van der Waals surface area contributed by atoms with E-state index in [0.717, 1.165) is 90.4 Å². The van der Waals surface area contributed by atoms with Crippen molar-refractivity contribution >= 4 is 88.1 Å². The quantitative estimate of drug-likeness (QED) is 0.0206. The van der Waals surface area contributed by atoms with Gasteiger partial charge in [-0.15, -0.1) is 22.7 Å². The van der Waals surface area contributed by atoms with E-state index in [1.807, 2.05) is 41.5 Å². The van der Waals surface area contributed by atoms with Gasteiger partial charge in [-0.3, -0.25) is 0 Å². The van der Waals surface area contributed by atoms with Crippen LogP contribution in [0.25, 0.3) is 35.4 Å². The van der Waals surface area contributed by atoms with E-state index in [2.05, 4.69) is 198 Å². The highest BCUT2D eigenvalue weighted by molar-refractivity contribution is 7.13. The number of nitrogens with one attached hydrogen (secondary N) is 2. The predicted molar refractivity (Wildman–Crippen MR) is 466 cm³/mol. The van der Waals surface area contributed by atoms with Crippen LogP contribution >= 0.6 is 22.7 Å². The Kier molecular flexibility index (Phi) is 45.9. The number of alkyl carbamates (subject to hydrolysis) is 2. The first-order valence-electron chi connectivity index (χ1n) is 41.1. The second kappa shape index (κ2) is 55.6. The van der Waals surface area contributed by atoms with Crippen molar-refractivity contribution < 1.29 is 83.5 Å². The third kappa shape index (κ3) is 33.7. The summed E-state index contributed by atoms with van der Waals surface area (Å²) in [4.78, 5) is 33.7. The molecule has 4 aromatic carbocycles. The first kappa shape index (κ1) is 95.0. The van der Waals surface area contributed by atoms with Crippen LogP contribution in [0.2, 0.25) is 12.1 Å². The minimum Gasteiger partial charge on any atom is -0.448 e. The van der Waals surface area contributed by atoms with Crippen molar-refractivity contribution in [1.29, 1.82) is 0 Å². The molecule has 0 radical (unpaired) electrons. The number of ether oxygens (including phenoxy) is 10. The Bertz CT molecular complexity index is 3660. The van der Waals surface area contributed by atoms with Gasteiger partial charge in [0.25, 0.3) is 0 Å². The Morgan fingerprint density at radius 1 is 0.409 bits per heavy atom. The fourth-order valence-corrected chi connectivity index (χ4v) is 19.9. The molecule has 0 saturated heterocycles. The highest BCUT2D eigenvalue weighted by atomic mass is 32.1. The van der Waals surface area contributed by atoms with Crippen LogP contribution in [-0.4, -0.2) is 228 Å². The van der Waals surface area contributed by atoms with Gasteiger partial charge in [-0.25, -0.2) is 9.59 Å². The number of rotatable bonds is 60. The van der Waals surface area contributed by atoms with Crippen molar-refractivity contribution in [3.63, 3.8) is 0 Å². The number of hydrogen-bond donors (Lipinski definition) is 2. The zero-order chi connectivity index (χ0) is 81.9. The summed E-state index contributed by atoms with van der Waals surface area (Å²) in [5, 5.41) is 5.73. The number of thiophene rings is 2. The molecule has 2 aromatic heterocycles. The number of hydrogen-bond acceptors (Lipinski definition) is 22. The number of nitrogens with zero attached hydrogens (tertiary/aromatic N) is 2. The molecule has 0 aliphatic heterocycles. The van der Waals surface area contributed by atoms with Crippen LogP contribution in [0.5, 0.6) is 0 Å². The molecule has 2 N–H and O–H groups in total. The number of methoxy groups -OCH3 is 1. The summed E-state index contributed by atoms with van der Waals surface area (Å²) in [7, 11) is -3.90. The molecule has 630 valence electrons. The Balaban J connectivity index is 1.02. The van der Waals surface area contributed by atoms with Crippen LogP contribution in [0.4, 0.5) is 21.0 Å². The fraction of sp³-hybridized carbons (Fsp3) is 0.528. The molecule has 0 spiro atoms. The van der Waals surface area contributed by atoms with Gasteiger partial charge in [-0.2, -0.15) is 0 Å². The molecule has 115 heavy (non-hydrogen) atoms. The maximum Gasteiger partial charge on any atom is 0.500 e. The molecule has 0 bridgehead atoms. The van der Waals surface area contributed by atoms with Gasteiger partial charge < -0.3 is 94.4 Å². The average molecular weight is 1660 g/mol. The SMILES string of the molecule is CCCOCCOCCOCCOCCC1(CCOCCOCCOCCOC)c2cc(C#Cc3ccc(/C=C/c4ccc(N(CC)CCOC(=O)NCCC[Si](OCC)(OCC)OCC)cc4)s3)ccc2-c2ccc(C#Cc3ccc(/C=C/c4ccc(N(CC)CCOC(=O)NCCC[Si](OCC)(OCC)OCC)cc4)s3)cc21. The van der Waals surface area contributed by atoms with Crippen LogP contribution in [0, 0.1) is 23.7 Å². The number of carbonyl (C=O) groups is 2. The van der Waals surface area contributed by atoms with E-state index in [9.17, 15) is 9.59 Å². The van der Waals surface area contributed by atoms with Gasteiger partial charge in [0, 0.05) is 143 Å². The first-order chi connectivity index (χ1) is 56.3. The summed E-state index contributed by atoms with van der Waals surface area (Å²) >= 11 is 3.29. The maximum absolute atomic E-state index is 12.6. The topological polar surface area (TPSA) is 212 Å². The second-order valence-electron chi connectivity index (χ2n) is 26.6. The molecule has 0 atom stereocenters. The summed E-state index contributed by atoms with van der Waals surface area (Å²) in [5.41, 5.74) is 10.1. The van der Waals surface area contributed by atoms with Crippen molar-refractivity contribution in [2.45, 2.75) is 112 Å². The van der Waals surface area contributed by atoms with E-state index in [0.29, 0.717) is 196 Å². The number of benzene rings is 4. The molecular weight excluding hydrogens is 1530 g/mol. The Morgan fingerprint density at radius 3 is 1.11 bits per heavy atom. The molecule has 2 heterocycles. The van der Waals surface area contributed by atoms with Gasteiger partial charge in [0.1, 0.15) is 13.2 Å². The Labute approximate surface area is 695 Å². The average Bonchev–Trinajstić information content (AvgIpc) is 1.56. The number of carbonyl (C=O) groups excluding carboxylic acids is 2. The standard InChI is InChI=1S/C89H126N4O18S2Si2/c1-11-52-97-59-62-101-67-68-103-64-61-99-54-47-89(46-53-98-60-63-102-66-65-100-58-57-96-10)85-71-75(28-38-81-42-40-79(112-81)36-26-73-22-32-77(33-23-73)92(12-2)50-55-104-87(94)90-48-20-69-114(106-14-4,107-15-5)108-16-6)30-44-83(85)84-45-31-76(72-86(84)89)29-39-82-43-41-80(113-82)37-27-74-24-34-78(35-25-74)93(13-3)51-56-105-88(95)91-49-21-70-115(109-17-7,110-18-8)111-19-9/h22-27,30-37,40-45,71-72H,11-21,46-70H2,1-10H3,(H,90,94)(H,91,95)/b36-26+,37-27+. The largest absolute Gasteiger partial charge is 0.500 e. The minimum absolute atomic E-state index is 0.246. The van der Waals surface area contributed by atoms with Crippen LogP contribution < -0.4 is 20.4 Å². The normalized spacial score (nSPS) is 12.4. The lowest BCUT2D eigenvalue weighted by atomic mass is 9.72. The highest BCUT2D eigenvalue weighted by Crippen LogP contribution is 2.53. The van der Waals surface area contributed by atoms with Crippen LogP contribution in [0.3, 0.4) is 0 Å². The third-order valence-corrected chi connectivity index (χ3v) is 26.9. The molecule has 1 aliphatic carbocycles. The predicted octanol–water partition coefficient (Wildman–Crippen LogP) is 16.2. The maximum atomic E-state index is 12.6. The van der Waals surface area contributed by atoms with Gasteiger partial charge in [0.2, 0.25) is 0 Å². The highest BCUT2D eigenvalue weighted by Gasteiger charge is 2.44. The molecule has 1 aliphatic rings. The molecule has 22 nitrogen and oxygen atoms in total. The lowest BCUT2D eigenvalue weighted by Gasteiger charge is -2.32. The van der Waals surface area contributed by atoms with Crippen molar-refractivity contribution in [3.05, 3.63) is 162 Å². The molecule has 26 heteroatoms. The molecule has 0 fully saturated rings. The van der Waals surface area contributed by atoms with Crippen LogP contribution in [0.1, 0.15) is 147 Å². The van der Waals surface area contributed by atoms with Gasteiger partial charge in [0.15, 0.2) is 0 Å². The number of anilines is 2. The van der Waals surface area contributed by atoms with Crippen LogP contribution in [0.15, 0.2) is 109 Å². The Morgan fingerprint density at radius 2 is 0.765 bits per heavy atom. The number of likely N-dealkylation sites (N-methyl/N-ethyl adjacent to an activating group) is 2. The summed E-state index contributed by atoms with van der Waals surface area (Å²) in [6, 6.07) is 39.7. The molecule has 0 saturated carbocycles. The smallest absolute Gasteiger partial charge is 0.448 e. The molecule has 0 unspecified atom stereocenters. The van der Waals surface area contributed by atoms with E-state index < -0.39 is 35.2 Å². The zero-order valence-electron chi connectivity index (χ0n) is 69.7. The van der Waals surface area contributed by atoms with Crippen molar-refractivity contribution in [2.75, 3.05) is 208 Å². The van der Waals surface area contributed by atoms with E-state index in [1.54, 1.807) is 29.8 Å². The van der Waals surface area contributed by atoms with E-state index in [-0.39, 0.29) is 13.2 Å². The minimum atomic E-state index is -2.78. The van der Waals surface area contributed by atoms with Crippen molar-refractivity contribution in [2.24, 2.45) is 0 Å². The molecule has 7 rings (SSSR count). The Hall–Kier alpha value is -7.11. The lowest BCUT2D eigenvalue weighted by Crippen LogP contribution is -2.46. The van der Waals surface area contributed by atoms with Gasteiger partial charge in [0.05, 0.1) is 102 Å². The third-order valence-electron chi connectivity index (χ3n) is 18.7. The molecule has 2 amide bonds. The van der Waals surface area contributed by atoms with Gasteiger partial charge in [-0.1, -0.05) is 79.2 Å². The molecular formula is C89H126N4O18S2Si2. The van der Waals surface area contributed by atoms with E-state index >= 15 is 0 Å². The first-order valence-corrected chi connectivity index (χ1v) is 46.6. The number of fused-ring (bicyclic) bond motifs is 3. The van der Waals surface area contributed by atoms with Crippen molar-refractivity contribution in [3.8, 4) is 34.8 Å². The number of amides is 2. The van der Waals surface area contributed by atoms with Gasteiger partial charge >= 0.3 is 29.8 Å². The van der Waals surface area contributed by atoms with Crippen molar-refractivity contribution in [1.82, 2.24) is 10.6 Å². The van der Waals surface area contributed by atoms with Crippen LogP contribution in [-0.2, 0) is 79.3 Å². The fourth-order valence-electron chi connectivity index (χ4n) is 13.2.